The van der Waals surface area contributed by atoms with Gasteiger partial charge < -0.3 is 5.32 Å². The monoisotopic (exact) mass is 211 g/mol. The molecule has 0 radical (unpaired) electrons. The highest BCUT2D eigenvalue weighted by Gasteiger charge is 2.23. The van der Waals surface area contributed by atoms with Crippen molar-refractivity contribution in [2.24, 2.45) is 11.8 Å². The fraction of sp³-hybridized carbons (Fsp3) is 0.923. The molecule has 1 N–H and O–H groups in total. The number of piperidine rings is 1. The minimum Gasteiger partial charge on any atom is -0.314 e. The summed E-state index contributed by atoms with van der Waals surface area (Å²) < 4.78 is 0. The highest BCUT2D eigenvalue weighted by Crippen LogP contribution is 2.22. The molecule has 0 aromatic carbocycles. The number of carbonyl (C=O) groups is 1. The van der Waals surface area contributed by atoms with E-state index >= 15 is 0 Å². The van der Waals surface area contributed by atoms with E-state index < -0.39 is 0 Å². The zero-order chi connectivity index (χ0) is 11.3. The molecule has 0 saturated carbocycles. The van der Waals surface area contributed by atoms with Crippen LogP contribution >= 0.6 is 0 Å². The molecule has 0 bridgehead atoms. The Balaban J connectivity index is 2.34. The minimum atomic E-state index is 0.244. The molecule has 1 heterocycles. The summed E-state index contributed by atoms with van der Waals surface area (Å²) in [6.45, 7) is 7.48. The molecule has 1 saturated heterocycles. The maximum Gasteiger partial charge on any atom is 0.137 e. The Bertz CT molecular complexity index is 203. The normalized spacial score (nSPS) is 28.7. The van der Waals surface area contributed by atoms with Crippen molar-refractivity contribution >= 4 is 5.78 Å². The van der Waals surface area contributed by atoms with Gasteiger partial charge in [-0.1, -0.05) is 27.2 Å². The molecular weight excluding hydrogens is 186 g/mol. The molecular formula is C13H25NO. The average molecular weight is 211 g/mol. The van der Waals surface area contributed by atoms with E-state index in [1.165, 1.54) is 19.3 Å². The summed E-state index contributed by atoms with van der Waals surface area (Å²) in [7, 11) is 0. The van der Waals surface area contributed by atoms with Gasteiger partial charge in [0.2, 0.25) is 0 Å². The summed E-state index contributed by atoms with van der Waals surface area (Å²) in [5.74, 6) is 1.52. The fourth-order valence-electron chi connectivity index (χ4n) is 2.29. The first-order valence-corrected chi connectivity index (χ1v) is 6.43. The molecule has 0 aromatic rings. The van der Waals surface area contributed by atoms with E-state index in [2.05, 4.69) is 19.2 Å². The Kier molecular flexibility index (Phi) is 5.30. The Hall–Kier alpha value is -0.370. The van der Waals surface area contributed by atoms with Crippen molar-refractivity contribution in [2.45, 2.75) is 58.9 Å². The van der Waals surface area contributed by atoms with Crippen molar-refractivity contribution in [3.8, 4) is 0 Å². The number of hydrogen-bond acceptors (Lipinski definition) is 2. The summed E-state index contributed by atoms with van der Waals surface area (Å²) >= 11 is 0. The highest BCUT2D eigenvalue weighted by atomic mass is 16.1. The van der Waals surface area contributed by atoms with Gasteiger partial charge in [-0.3, -0.25) is 4.79 Å². The van der Waals surface area contributed by atoms with Crippen molar-refractivity contribution in [3.05, 3.63) is 0 Å². The zero-order valence-electron chi connectivity index (χ0n) is 10.4. The second kappa shape index (κ2) is 6.26. The zero-order valence-corrected chi connectivity index (χ0v) is 10.4. The number of Topliss-reactive ketones (excluding diaryl/α,β-unsaturated/α-hetero) is 1. The van der Waals surface area contributed by atoms with Crippen LogP contribution in [0.3, 0.4) is 0 Å². The quantitative estimate of drug-likeness (QED) is 0.757. The lowest BCUT2D eigenvalue weighted by Gasteiger charge is -2.29. The molecule has 0 aromatic heterocycles. The third-order valence-electron chi connectivity index (χ3n) is 3.79. The van der Waals surface area contributed by atoms with Gasteiger partial charge in [-0.25, -0.2) is 0 Å². The Morgan fingerprint density at radius 2 is 2.20 bits per heavy atom. The van der Waals surface area contributed by atoms with Crippen LogP contribution < -0.4 is 5.32 Å². The van der Waals surface area contributed by atoms with Crippen molar-refractivity contribution in [2.75, 3.05) is 6.54 Å². The average Bonchev–Trinajstić information content (AvgIpc) is 2.28. The highest BCUT2D eigenvalue weighted by molar-refractivity contribution is 5.81. The summed E-state index contributed by atoms with van der Waals surface area (Å²) in [6, 6.07) is 0.449. The van der Waals surface area contributed by atoms with E-state index in [-0.39, 0.29) is 5.92 Å². The van der Waals surface area contributed by atoms with Crippen LogP contribution in [0.1, 0.15) is 52.9 Å². The summed E-state index contributed by atoms with van der Waals surface area (Å²) in [4.78, 5) is 11.8. The molecule has 0 spiro atoms. The predicted molar refractivity (Wildman–Crippen MR) is 63.9 cm³/mol. The van der Waals surface area contributed by atoms with Crippen LogP contribution in [-0.2, 0) is 4.79 Å². The molecule has 3 atom stereocenters. The molecule has 3 unspecified atom stereocenters. The third kappa shape index (κ3) is 3.94. The molecule has 1 rings (SSSR count). The topological polar surface area (TPSA) is 29.1 Å². The van der Waals surface area contributed by atoms with Crippen LogP contribution in [0.4, 0.5) is 0 Å². The van der Waals surface area contributed by atoms with E-state index in [4.69, 9.17) is 0 Å². The Labute approximate surface area is 93.8 Å². The van der Waals surface area contributed by atoms with Gasteiger partial charge >= 0.3 is 0 Å². The summed E-state index contributed by atoms with van der Waals surface area (Å²) in [5, 5.41) is 3.47. The van der Waals surface area contributed by atoms with Crippen molar-refractivity contribution in [1.29, 1.82) is 0 Å². The Morgan fingerprint density at radius 1 is 1.47 bits per heavy atom. The van der Waals surface area contributed by atoms with Gasteiger partial charge in [-0.05, 0) is 31.7 Å². The van der Waals surface area contributed by atoms with Gasteiger partial charge in [0.1, 0.15) is 5.78 Å². The maximum absolute atomic E-state index is 11.8. The second-order valence-electron chi connectivity index (χ2n) is 4.93. The fourth-order valence-corrected chi connectivity index (χ4v) is 2.29. The molecule has 1 fully saturated rings. The lowest BCUT2D eigenvalue weighted by Crippen LogP contribution is -2.40. The molecule has 2 nitrogen and oxygen atoms in total. The molecule has 88 valence electrons. The van der Waals surface area contributed by atoms with Crippen LogP contribution in [0.15, 0.2) is 0 Å². The number of hydrogen-bond donors (Lipinski definition) is 1. The number of ketones is 1. The van der Waals surface area contributed by atoms with Gasteiger partial charge in [-0.2, -0.15) is 0 Å². The van der Waals surface area contributed by atoms with Crippen molar-refractivity contribution in [3.63, 3.8) is 0 Å². The molecule has 1 aliphatic rings. The largest absolute Gasteiger partial charge is 0.314 e. The van der Waals surface area contributed by atoms with Crippen LogP contribution in [0.2, 0.25) is 0 Å². The lowest BCUT2D eigenvalue weighted by molar-refractivity contribution is -0.123. The van der Waals surface area contributed by atoms with Crippen LogP contribution in [0, 0.1) is 11.8 Å². The number of nitrogens with one attached hydrogen (secondary N) is 1. The smallest absolute Gasteiger partial charge is 0.137 e. The van der Waals surface area contributed by atoms with Crippen LogP contribution in [-0.4, -0.2) is 18.4 Å². The second-order valence-corrected chi connectivity index (χ2v) is 4.93. The van der Waals surface area contributed by atoms with Gasteiger partial charge in [0.05, 0.1) is 0 Å². The van der Waals surface area contributed by atoms with Gasteiger partial charge in [0, 0.05) is 18.4 Å². The summed E-state index contributed by atoms with van der Waals surface area (Å²) in [5.41, 5.74) is 0. The first-order chi connectivity index (χ1) is 7.17. The lowest BCUT2D eigenvalue weighted by atomic mass is 9.86. The van der Waals surface area contributed by atoms with E-state index in [0.29, 0.717) is 11.8 Å². The minimum absolute atomic E-state index is 0.244. The number of rotatable bonds is 5. The SMILES string of the molecule is CCC1CCNC(CC(=O)C(C)CC)C1. The van der Waals surface area contributed by atoms with E-state index in [0.717, 1.165) is 25.3 Å². The Morgan fingerprint density at radius 3 is 2.80 bits per heavy atom. The van der Waals surface area contributed by atoms with E-state index in [1.807, 2.05) is 6.92 Å². The van der Waals surface area contributed by atoms with Gasteiger partial charge in [-0.15, -0.1) is 0 Å². The third-order valence-corrected chi connectivity index (χ3v) is 3.79. The van der Waals surface area contributed by atoms with Crippen LogP contribution in [0.25, 0.3) is 0 Å². The summed E-state index contributed by atoms with van der Waals surface area (Å²) in [6.07, 6.45) is 5.45. The van der Waals surface area contributed by atoms with Gasteiger partial charge in [0.25, 0.3) is 0 Å². The number of carbonyl (C=O) groups excluding carboxylic acids is 1. The van der Waals surface area contributed by atoms with Crippen molar-refractivity contribution < 1.29 is 4.79 Å². The predicted octanol–water partition coefficient (Wildman–Crippen LogP) is 2.77. The van der Waals surface area contributed by atoms with Crippen LogP contribution in [0.5, 0.6) is 0 Å². The molecule has 0 amide bonds. The maximum atomic E-state index is 11.8. The van der Waals surface area contributed by atoms with E-state index in [1.54, 1.807) is 0 Å². The van der Waals surface area contributed by atoms with E-state index in [9.17, 15) is 4.79 Å². The van der Waals surface area contributed by atoms with Crippen molar-refractivity contribution in [1.82, 2.24) is 5.32 Å². The van der Waals surface area contributed by atoms with Gasteiger partial charge in [0.15, 0.2) is 0 Å². The first-order valence-electron chi connectivity index (χ1n) is 6.43. The molecule has 0 aliphatic carbocycles. The standard InChI is InChI=1S/C13H25NO/c1-4-10(3)13(15)9-12-8-11(5-2)6-7-14-12/h10-12,14H,4-9H2,1-3H3. The molecule has 15 heavy (non-hydrogen) atoms. The first kappa shape index (κ1) is 12.7. The molecule has 2 heteroatoms. The molecule has 1 aliphatic heterocycles.